The first-order valence-corrected chi connectivity index (χ1v) is 17.8. The van der Waals surface area contributed by atoms with Crippen LogP contribution in [0.25, 0.3) is 11.1 Å². The molecule has 3 aromatic carbocycles. The number of aliphatic hydroxyl groups is 1. The van der Waals surface area contributed by atoms with Crippen LogP contribution in [0.3, 0.4) is 0 Å². The summed E-state index contributed by atoms with van der Waals surface area (Å²) in [6.45, 7) is 5.17. The predicted molar refractivity (Wildman–Crippen MR) is 185 cm³/mol. The molecule has 12 nitrogen and oxygen atoms in total. The number of nitrogens with one attached hydrogen (secondary N) is 5. The first-order valence-electron chi connectivity index (χ1n) is 13.8. The van der Waals surface area contributed by atoms with E-state index in [9.17, 15) is 22.5 Å². The van der Waals surface area contributed by atoms with Gasteiger partial charge >= 0.3 is 6.03 Å². The van der Waals surface area contributed by atoms with Crippen molar-refractivity contribution in [3.8, 4) is 11.1 Å². The first-order chi connectivity index (χ1) is 21.7. The van der Waals surface area contributed by atoms with Crippen LogP contribution in [0, 0.1) is 0 Å². The molecule has 2 amide bonds. The van der Waals surface area contributed by atoms with Crippen LogP contribution in [-0.4, -0.2) is 58.3 Å². The molecular weight excluding hydrogens is 673 g/mol. The zero-order chi connectivity index (χ0) is 33.6. The van der Waals surface area contributed by atoms with E-state index in [1.54, 1.807) is 75.5 Å². The van der Waals surface area contributed by atoms with Gasteiger partial charge in [0.2, 0.25) is 5.95 Å². The lowest BCUT2D eigenvalue weighted by molar-refractivity contribution is 0.244. The summed E-state index contributed by atoms with van der Waals surface area (Å²) in [5.74, 6) is 4.28. The van der Waals surface area contributed by atoms with Crippen LogP contribution in [0.1, 0.15) is 20.8 Å². The van der Waals surface area contributed by atoms with E-state index < -0.39 is 25.8 Å². The maximum atomic E-state index is 13.2. The molecule has 0 radical (unpaired) electrons. The fourth-order valence-corrected chi connectivity index (χ4v) is 6.98. The van der Waals surface area contributed by atoms with Gasteiger partial charge in [-0.05, 0) is 74.7 Å². The van der Waals surface area contributed by atoms with Crippen LogP contribution < -0.4 is 25.4 Å². The molecule has 0 aliphatic heterocycles. The SMILES string of the molecule is C=S(=O)(NC(=O)NC(C)C)c1cccc(Nc2ncc(-c3ccc(NS(=O)(=O)c4cccc(Cl)c4Cl)cc3)c(N[C@H](C)CO)n2)c1. The molecule has 0 saturated heterocycles. The fraction of sp³-hybridized carbons (Fsp3) is 0.200. The van der Waals surface area contributed by atoms with Crippen molar-refractivity contribution in [1.82, 2.24) is 20.0 Å². The zero-order valence-corrected chi connectivity index (χ0v) is 28.2. The Labute approximate surface area is 278 Å². The van der Waals surface area contributed by atoms with Crippen molar-refractivity contribution in [3.05, 3.63) is 83.0 Å². The van der Waals surface area contributed by atoms with Gasteiger partial charge in [0.05, 0.1) is 31.3 Å². The van der Waals surface area contributed by atoms with Gasteiger partial charge in [-0.2, -0.15) is 4.98 Å². The number of benzene rings is 3. The minimum atomic E-state index is -4.02. The van der Waals surface area contributed by atoms with Gasteiger partial charge < -0.3 is 21.1 Å². The summed E-state index contributed by atoms with van der Waals surface area (Å²) in [5.41, 5.74) is 2.01. The zero-order valence-electron chi connectivity index (χ0n) is 25.0. The lowest BCUT2D eigenvalue weighted by Gasteiger charge is -2.17. The van der Waals surface area contributed by atoms with E-state index in [0.29, 0.717) is 22.6 Å². The standard InChI is InChI=1S/C30H33Cl2N7O5S2/c1-18(2)34-30(41)39-45(4,42)23-8-5-7-22(15-23)36-29-33-16-24(28(37-29)35-19(3)17-40)20-11-13-21(14-12-20)38-46(43,44)26-10-6-9-25(31)27(26)32/h5-16,18-19,38,40H,4,17H2,1-3H3,(H2,33,35,36,37)(H2,34,39,41,42)/t19-,45?/m1/s1. The third-order valence-electron chi connectivity index (χ3n) is 6.25. The van der Waals surface area contributed by atoms with Gasteiger partial charge in [0.1, 0.15) is 10.7 Å². The van der Waals surface area contributed by atoms with Crippen molar-refractivity contribution < 1.29 is 22.5 Å². The molecule has 0 saturated carbocycles. The number of nitrogens with zero attached hydrogens (tertiary/aromatic N) is 2. The van der Waals surface area contributed by atoms with Crippen molar-refractivity contribution in [2.24, 2.45) is 0 Å². The maximum Gasteiger partial charge on any atom is 0.326 e. The molecule has 1 aromatic heterocycles. The summed E-state index contributed by atoms with van der Waals surface area (Å²) in [5, 5.41) is 18.6. The van der Waals surface area contributed by atoms with Crippen molar-refractivity contribution in [2.75, 3.05) is 22.0 Å². The van der Waals surface area contributed by atoms with Crippen LogP contribution in [0.5, 0.6) is 0 Å². The fourth-order valence-electron chi connectivity index (χ4n) is 4.07. The number of hydrogen-bond donors (Lipinski definition) is 6. The molecule has 0 aliphatic carbocycles. The quantitative estimate of drug-likeness (QED) is 0.104. The van der Waals surface area contributed by atoms with Gasteiger partial charge in [-0.3, -0.25) is 9.44 Å². The lowest BCUT2D eigenvalue weighted by atomic mass is 10.1. The number of carbonyl (C=O) groups is 1. The molecule has 244 valence electrons. The Bertz CT molecular complexity index is 1940. The molecule has 1 heterocycles. The summed E-state index contributed by atoms with van der Waals surface area (Å²) in [4.78, 5) is 21.3. The Morgan fingerprint density at radius 1 is 0.978 bits per heavy atom. The van der Waals surface area contributed by atoms with E-state index >= 15 is 0 Å². The monoisotopic (exact) mass is 705 g/mol. The smallest absolute Gasteiger partial charge is 0.326 e. The average molecular weight is 707 g/mol. The molecule has 4 aromatic rings. The highest BCUT2D eigenvalue weighted by atomic mass is 35.5. The van der Waals surface area contributed by atoms with Crippen LogP contribution in [0.2, 0.25) is 10.0 Å². The van der Waals surface area contributed by atoms with E-state index in [4.69, 9.17) is 23.2 Å². The number of aliphatic hydroxyl groups excluding tert-OH is 1. The predicted octanol–water partition coefficient (Wildman–Crippen LogP) is 5.49. The molecule has 4 rings (SSSR count). The van der Waals surface area contributed by atoms with Crippen LogP contribution >= 0.6 is 23.2 Å². The second-order valence-corrected chi connectivity index (χ2v) is 14.9. The molecule has 2 atom stereocenters. The number of sulfonamides is 1. The van der Waals surface area contributed by atoms with Crippen molar-refractivity contribution >= 4 is 78.0 Å². The van der Waals surface area contributed by atoms with Crippen molar-refractivity contribution in [1.29, 1.82) is 0 Å². The third kappa shape index (κ3) is 8.79. The van der Waals surface area contributed by atoms with Gasteiger partial charge in [0.15, 0.2) is 0 Å². The highest BCUT2D eigenvalue weighted by Gasteiger charge is 2.20. The minimum absolute atomic E-state index is 0.0785. The summed E-state index contributed by atoms with van der Waals surface area (Å²) in [6, 6.07) is 16.3. The van der Waals surface area contributed by atoms with Gasteiger partial charge in [0.25, 0.3) is 10.0 Å². The number of anilines is 4. The molecule has 1 unspecified atom stereocenters. The second-order valence-electron chi connectivity index (χ2n) is 10.5. The summed E-state index contributed by atoms with van der Waals surface area (Å²) in [6.07, 6.45) is 1.57. The van der Waals surface area contributed by atoms with Crippen LogP contribution in [0.4, 0.5) is 27.9 Å². The number of amides is 2. The first kappa shape index (κ1) is 34.8. The van der Waals surface area contributed by atoms with Crippen LogP contribution in [-0.2, 0) is 19.7 Å². The van der Waals surface area contributed by atoms with E-state index in [0.717, 1.165) is 0 Å². The van der Waals surface area contributed by atoms with Gasteiger partial charge in [0, 0.05) is 35.2 Å². The average Bonchev–Trinajstić information content (AvgIpc) is 2.98. The van der Waals surface area contributed by atoms with E-state index in [1.165, 1.54) is 18.2 Å². The molecule has 0 aliphatic rings. The normalized spacial score (nSPS) is 13.4. The van der Waals surface area contributed by atoms with Gasteiger partial charge in [-0.15, -0.1) is 0 Å². The number of urea groups is 1. The molecule has 16 heteroatoms. The topological polar surface area (TPSA) is 174 Å². The highest BCUT2D eigenvalue weighted by Crippen LogP contribution is 2.32. The molecule has 0 fully saturated rings. The summed E-state index contributed by atoms with van der Waals surface area (Å²) in [7, 11) is -7.18. The molecule has 6 N–H and O–H groups in total. The van der Waals surface area contributed by atoms with Gasteiger partial charge in [-0.1, -0.05) is 47.5 Å². The Morgan fingerprint density at radius 2 is 1.67 bits per heavy atom. The second kappa shape index (κ2) is 14.6. The van der Waals surface area contributed by atoms with E-state index in [-0.39, 0.29) is 50.2 Å². The highest BCUT2D eigenvalue weighted by molar-refractivity contribution is 7.99. The summed E-state index contributed by atoms with van der Waals surface area (Å²) < 4.78 is 43.9. The molecule has 0 spiro atoms. The van der Waals surface area contributed by atoms with E-state index in [2.05, 4.69) is 41.2 Å². The Morgan fingerprint density at radius 3 is 2.35 bits per heavy atom. The maximum absolute atomic E-state index is 13.2. The third-order valence-corrected chi connectivity index (χ3v) is 10.1. The Balaban J connectivity index is 1.58. The Hall–Kier alpha value is -4.08. The van der Waals surface area contributed by atoms with Crippen LogP contribution in [0.15, 0.2) is 82.7 Å². The Kier molecular flexibility index (Phi) is 11.0. The van der Waals surface area contributed by atoms with Crippen molar-refractivity contribution in [3.63, 3.8) is 0 Å². The number of carbonyl (C=O) groups excluding carboxylic acids is 1. The molecular formula is C30H33Cl2N7O5S2. The largest absolute Gasteiger partial charge is 0.394 e. The molecule has 0 bridgehead atoms. The summed E-state index contributed by atoms with van der Waals surface area (Å²) >= 11 is 12.1. The van der Waals surface area contributed by atoms with E-state index in [1.807, 2.05) is 0 Å². The number of hydrogen-bond acceptors (Lipinski definition) is 9. The number of rotatable bonds is 12. The minimum Gasteiger partial charge on any atom is -0.394 e. The van der Waals surface area contributed by atoms with Crippen molar-refractivity contribution in [2.45, 2.75) is 42.6 Å². The number of halogens is 2. The molecule has 46 heavy (non-hydrogen) atoms. The van der Waals surface area contributed by atoms with Gasteiger partial charge in [-0.25, -0.2) is 22.4 Å². The number of aromatic nitrogens is 2. The lowest BCUT2D eigenvalue weighted by Crippen LogP contribution is -2.42.